The van der Waals surface area contributed by atoms with Gasteiger partial charge in [-0.15, -0.1) is 0 Å². The van der Waals surface area contributed by atoms with E-state index >= 15 is 0 Å². The zero-order chi connectivity index (χ0) is 14.2. The standard InChI is InChI=1S/C15H18N2O3/c18-13(17-9-15(14(19)20)5-1-6-15)11-2-3-12-10(8-11)4-7-16-12/h2-3,8,16H,1,4-7,9H2,(H,17,18)(H,19,20). The topological polar surface area (TPSA) is 78.4 Å². The number of amides is 1. The van der Waals surface area contributed by atoms with E-state index in [1.54, 1.807) is 6.07 Å². The first-order valence-corrected chi connectivity index (χ1v) is 6.99. The lowest BCUT2D eigenvalue weighted by atomic mass is 9.69. The van der Waals surface area contributed by atoms with E-state index in [0.29, 0.717) is 18.4 Å². The molecule has 1 heterocycles. The molecule has 1 aromatic rings. The van der Waals surface area contributed by atoms with Gasteiger partial charge in [-0.05, 0) is 43.0 Å². The van der Waals surface area contributed by atoms with Crippen molar-refractivity contribution in [2.24, 2.45) is 5.41 Å². The largest absolute Gasteiger partial charge is 0.481 e. The van der Waals surface area contributed by atoms with Gasteiger partial charge in [0.25, 0.3) is 5.91 Å². The van der Waals surface area contributed by atoms with Crippen LogP contribution in [0.1, 0.15) is 35.2 Å². The molecule has 0 spiro atoms. The minimum absolute atomic E-state index is 0.188. The van der Waals surface area contributed by atoms with Crippen LogP contribution in [0.3, 0.4) is 0 Å². The van der Waals surface area contributed by atoms with Crippen molar-refractivity contribution < 1.29 is 14.7 Å². The third kappa shape index (κ3) is 2.13. The summed E-state index contributed by atoms with van der Waals surface area (Å²) >= 11 is 0. The molecule has 3 N–H and O–H groups in total. The van der Waals surface area contributed by atoms with Crippen molar-refractivity contribution in [3.05, 3.63) is 29.3 Å². The van der Waals surface area contributed by atoms with E-state index in [1.165, 1.54) is 0 Å². The van der Waals surface area contributed by atoms with Crippen molar-refractivity contribution in [1.29, 1.82) is 0 Å². The fourth-order valence-electron chi connectivity index (χ4n) is 2.87. The van der Waals surface area contributed by atoms with Crippen molar-refractivity contribution in [3.8, 4) is 0 Å². The number of carbonyl (C=O) groups is 2. The highest BCUT2D eigenvalue weighted by Crippen LogP contribution is 2.40. The first-order chi connectivity index (χ1) is 9.61. The SMILES string of the molecule is O=C(NCC1(C(=O)O)CCC1)c1ccc2c(c1)CCN2. The Kier molecular flexibility index (Phi) is 3.12. The quantitative estimate of drug-likeness (QED) is 0.780. The minimum Gasteiger partial charge on any atom is -0.481 e. The Bertz CT molecular complexity index is 564. The van der Waals surface area contributed by atoms with Crippen LogP contribution < -0.4 is 10.6 Å². The summed E-state index contributed by atoms with van der Waals surface area (Å²) < 4.78 is 0. The summed E-state index contributed by atoms with van der Waals surface area (Å²) in [5.74, 6) is -0.991. The number of anilines is 1. The number of hydrogen-bond donors (Lipinski definition) is 3. The summed E-state index contributed by atoms with van der Waals surface area (Å²) in [6.45, 7) is 1.12. The highest BCUT2D eigenvalue weighted by molar-refractivity contribution is 5.95. The summed E-state index contributed by atoms with van der Waals surface area (Å²) in [5, 5.41) is 15.3. The van der Waals surface area contributed by atoms with Crippen LogP contribution in [0.5, 0.6) is 0 Å². The van der Waals surface area contributed by atoms with Crippen molar-refractivity contribution in [1.82, 2.24) is 5.32 Å². The lowest BCUT2D eigenvalue weighted by Crippen LogP contribution is -2.47. The number of benzene rings is 1. The van der Waals surface area contributed by atoms with Crippen LogP contribution in [0.2, 0.25) is 0 Å². The fraction of sp³-hybridized carbons (Fsp3) is 0.467. The maximum atomic E-state index is 12.1. The Labute approximate surface area is 117 Å². The Hall–Kier alpha value is -2.04. The van der Waals surface area contributed by atoms with Gasteiger partial charge < -0.3 is 15.7 Å². The van der Waals surface area contributed by atoms with Crippen LogP contribution in [0, 0.1) is 5.41 Å². The molecule has 0 atom stereocenters. The molecule has 1 aromatic carbocycles. The molecule has 0 unspecified atom stereocenters. The Morgan fingerprint density at radius 1 is 1.35 bits per heavy atom. The van der Waals surface area contributed by atoms with E-state index in [2.05, 4.69) is 10.6 Å². The third-order valence-electron chi connectivity index (χ3n) is 4.43. The predicted molar refractivity (Wildman–Crippen MR) is 74.9 cm³/mol. The van der Waals surface area contributed by atoms with Crippen LogP contribution >= 0.6 is 0 Å². The lowest BCUT2D eigenvalue weighted by Gasteiger charge is -2.37. The van der Waals surface area contributed by atoms with Crippen LogP contribution in [0.25, 0.3) is 0 Å². The van der Waals surface area contributed by atoms with Gasteiger partial charge in [-0.2, -0.15) is 0 Å². The number of nitrogens with one attached hydrogen (secondary N) is 2. The summed E-state index contributed by atoms with van der Waals surface area (Å²) in [6, 6.07) is 5.58. The first kappa shape index (κ1) is 13.0. The molecule has 1 amide bonds. The molecule has 0 radical (unpaired) electrons. The predicted octanol–water partition coefficient (Wildman–Crippen LogP) is 1.64. The van der Waals surface area contributed by atoms with Crippen LogP contribution in [0.15, 0.2) is 18.2 Å². The first-order valence-electron chi connectivity index (χ1n) is 6.99. The molecule has 3 rings (SSSR count). The van der Waals surface area contributed by atoms with E-state index in [0.717, 1.165) is 30.6 Å². The van der Waals surface area contributed by atoms with E-state index < -0.39 is 11.4 Å². The van der Waals surface area contributed by atoms with Crippen molar-refractivity contribution >= 4 is 17.6 Å². The average molecular weight is 274 g/mol. The average Bonchev–Trinajstić information content (AvgIpc) is 2.83. The van der Waals surface area contributed by atoms with Gasteiger partial charge in [0.1, 0.15) is 0 Å². The lowest BCUT2D eigenvalue weighted by molar-refractivity contribution is -0.153. The van der Waals surface area contributed by atoms with Gasteiger partial charge in [-0.3, -0.25) is 9.59 Å². The molecule has 1 saturated carbocycles. The van der Waals surface area contributed by atoms with Crippen LogP contribution in [0.4, 0.5) is 5.69 Å². The Morgan fingerprint density at radius 3 is 2.80 bits per heavy atom. The Morgan fingerprint density at radius 2 is 2.15 bits per heavy atom. The van der Waals surface area contributed by atoms with Gasteiger partial charge in [0, 0.05) is 24.3 Å². The molecule has 20 heavy (non-hydrogen) atoms. The summed E-state index contributed by atoms with van der Waals surface area (Å²) in [4.78, 5) is 23.4. The van der Waals surface area contributed by atoms with E-state index in [4.69, 9.17) is 0 Å². The number of hydrogen-bond acceptors (Lipinski definition) is 3. The van der Waals surface area contributed by atoms with Crippen LogP contribution in [-0.2, 0) is 11.2 Å². The molecule has 0 saturated heterocycles. The van der Waals surface area contributed by atoms with Crippen molar-refractivity contribution in [2.45, 2.75) is 25.7 Å². The van der Waals surface area contributed by atoms with E-state index in [-0.39, 0.29) is 12.5 Å². The van der Waals surface area contributed by atoms with Crippen molar-refractivity contribution in [3.63, 3.8) is 0 Å². The van der Waals surface area contributed by atoms with Gasteiger partial charge in [0.05, 0.1) is 5.41 Å². The maximum absolute atomic E-state index is 12.1. The number of fused-ring (bicyclic) bond motifs is 1. The normalized spacial score (nSPS) is 18.6. The highest BCUT2D eigenvalue weighted by atomic mass is 16.4. The molecule has 106 valence electrons. The molecule has 1 aliphatic carbocycles. The molecule has 2 aliphatic rings. The van der Waals surface area contributed by atoms with E-state index in [9.17, 15) is 14.7 Å². The third-order valence-corrected chi connectivity index (χ3v) is 4.43. The second-order valence-corrected chi connectivity index (χ2v) is 5.67. The second kappa shape index (κ2) is 4.81. The molecular weight excluding hydrogens is 256 g/mol. The smallest absolute Gasteiger partial charge is 0.311 e. The summed E-state index contributed by atoms with van der Waals surface area (Å²) in [7, 11) is 0. The molecule has 0 bridgehead atoms. The molecule has 5 heteroatoms. The zero-order valence-electron chi connectivity index (χ0n) is 11.2. The minimum atomic E-state index is -0.804. The van der Waals surface area contributed by atoms with E-state index in [1.807, 2.05) is 12.1 Å². The maximum Gasteiger partial charge on any atom is 0.311 e. The fourth-order valence-corrected chi connectivity index (χ4v) is 2.87. The van der Waals surface area contributed by atoms with Gasteiger partial charge in [-0.1, -0.05) is 6.42 Å². The number of rotatable bonds is 4. The molecule has 1 aliphatic heterocycles. The van der Waals surface area contributed by atoms with Gasteiger partial charge >= 0.3 is 5.97 Å². The number of carboxylic acids is 1. The van der Waals surface area contributed by atoms with Gasteiger partial charge in [-0.25, -0.2) is 0 Å². The Balaban J connectivity index is 1.66. The second-order valence-electron chi connectivity index (χ2n) is 5.67. The molecule has 1 fully saturated rings. The van der Waals surface area contributed by atoms with Gasteiger partial charge in [0.2, 0.25) is 0 Å². The number of carboxylic acid groups (broad SMARTS) is 1. The summed E-state index contributed by atoms with van der Waals surface area (Å²) in [6.07, 6.45) is 3.15. The zero-order valence-corrected chi connectivity index (χ0v) is 11.2. The number of aliphatic carboxylic acids is 1. The monoisotopic (exact) mass is 274 g/mol. The molecular formula is C15H18N2O3. The van der Waals surface area contributed by atoms with Gasteiger partial charge in [0.15, 0.2) is 0 Å². The highest BCUT2D eigenvalue weighted by Gasteiger charge is 2.44. The van der Waals surface area contributed by atoms with Crippen molar-refractivity contribution in [2.75, 3.05) is 18.4 Å². The molecule has 5 nitrogen and oxygen atoms in total. The molecule has 0 aromatic heterocycles. The number of carbonyl (C=O) groups excluding carboxylic acids is 1. The summed E-state index contributed by atoms with van der Waals surface area (Å²) in [5.41, 5.74) is 2.10. The van der Waals surface area contributed by atoms with Crippen LogP contribution in [-0.4, -0.2) is 30.1 Å².